The van der Waals surface area contributed by atoms with Crippen LogP contribution in [0.5, 0.6) is 0 Å². The van der Waals surface area contributed by atoms with Gasteiger partial charge in [-0.05, 0) is 38.5 Å². The molecule has 0 spiro atoms. The number of ether oxygens (including phenoxy) is 3. The number of carboxylic acid groups (broad SMARTS) is 1. The Kier molecular flexibility index (Phi) is 27.4. The number of aliphatic carboxylic acids is 1. The normalized spacial score (nSPS) is 13.5. The zero-order chi connectivity index (χ0) is 33.6. The average Bonchev–Trinajstić information content (AvgIpc) is 2.98. The van der Waals surface area contributed by atoms with Crippen LogP contribution in [-0.2, 0) is 28.6 Å². The van der Waals surface area contributed by atoms with Gasteiger partial charge in [-0.3, -0.25) is 9.59 Å². The van der Waals surface area contributed by atoms with Crippen LogP contribution in [-0.4, -0.2) is 80.6 Å². The predicted molar refractivity (Wildman–Crippen MR) is 183 cm³/mol. The Balaban J connectivity index is 4.55. The molecule has 8 heteroatoms. The molecule has 0 saturated heterocycles. The Morgan fingerprint density at radius 1 is 0.689 bits per heavy atom. The quantitative estimate of drug-likeness (QED) is 0.0366. The molecule has 0 aliphatic heterocycles. The highest BCUT2D eigenvalue weighted by Crippen LogP contribution is 2.13. The first-order chi connectivity index (χ1) is 21.6. The predicted octanol–water partition coefficient (Wildman–Crippen LogP) is 8.35. The maximum Gasteiger partial charge on any atom is 0.362 e. The van der Waals surface area contributed by atoms with Crippen LogP contribution < -0.4 is 0 Å². The van der Waals surface area contributed by atoms with Gasteiger partial charge in [0.25, 0.3) is 0 Å². The van der Waals surface area contributed by atoms with E-state index in [0.717, 1.165) is 44.9 Å². The van der Waals surface area contributed by atoms with Gasteiger partial charge in [-0.2, -0.15) is 0 Å². The lowest BCUT2D eigenvalue weighted by Crippen LogP contribution is -2.50. The molecule has 0 saturated carbocycles. The fourth-order valence-corrected chi connectivity index (χ4v) is 4.82. The second-order valence-corrected chi connectivity index (χ2v) is 12.7. The second kappa shape index (κ2) is 29.0. The van der Waals surface area contributed by atoms with E-state index in [-0.39, 0.29) is 42.7 Å². The van der Waals surface area contributed by atoms with E-state index in [1.165, 1.54) is 44.9 Å². The number of carboxylic acids is 1. The highest BCUT2D eigenvalue weighted by Gasteiger charge is 2.31. The fourth-order valence-electron chi connectivity index (χ4n) is 4.82. The van der Waals surface area contributed by atoms with E-state index in [9.17, 15) is 19.5 Å². The summed E-state index contributed by atoms with van der Waals surface area (Å²) in [4.78, 5) is 36.6. The van der Waals surface area contributed by atoms with Crippen LogP contribution in [0, 0.1) is 0 Å². The third-order valence-corrected chi connectivity index (χ3v) is 7.55. The minimum absolute atomic E-state index is 0.0467. The van der Waals surface area contributed by atoms with Crippen molar-refractivity contribution in [1.29, 1.82) is 0 Å². The molecule has 2 unspecified atom stereocenters. The summed E-state index contributed by atoms with van der Waals surface area (Å²) in [5, 5.41) is 9.55. The molecule has 0 rings (SSSR count). The topological polar surface area (TPSA) is 99.1 Å². The van der Waals surface area contributed by atoms with E-state index in [4.69, 9.17) is 14.2 Å². The highest BCUT2D eigenvalue weighted by molar-refractivity contribution is 5.72. The highest BCUT2D eigenvalue weighted by atomic mass is 16.6. The number of nitrogens with zero attached hydrogens (tertiary/aromatic N) is 1. The first kappa shape index (κ1) is 42.6. The molecule has 0 aliphatic rings. The monoisotopic (exact) mass is 636 g/mol. The van der Waals surface area contributed by atoms with Crippen LogP contribution >= 0.6 is 0 Å². The standard InChI is InChI=1S/C37H65NO7/c1-6-8-10-12-14-16-18-20-21-23-25-27-35(39)44-32-33(31-43-30-29-34(37(41)42)38(3,4)5)45-36(40)28-26-24-22-19-17-15-13-11-9-7-2/h8,10,14,16,20-21,33-34H,6-7,9,11-13,15,17-19,22-32H2,1-5H3/p+1/b10-8+,16-14+,21-20+. The molecule has 0 bridgehead atoms. The number of likely N-dealkylation sites (N-methyl/N-ethyl adjacent to an activating group) is 1. The smallest absolute Gasteiger partial charge is 0.362 e. The van der Waals surface area contributed by atoms with Crippen molar-refractivity contribution in [3.63, 3.8) is 0 Å². The van der Waals surface area contributed by atoms with E-state index in [1.54, 1.807) is 0 Å². The number of carbonyl (C=O) groups excluding carboxylic acids is 2. The number of carbonyl (C=O) groups is 3. The Bertz CT molecular complexity index is 844. The van der Waals surface area contributed by atoms with Gasteiger partial charge in [0, 0.05) is 19.3 Å². The summed E-state index contributed by atoms with van der Waals surface area (Å²) in [6.07, 6.45) is 29.1. The van der Waals surface area contributed by atoms with Crippen LogP contribution in [0.15, 0.2) is 36.5 Å². The lowest BCUT2D eigenvalue weighted by molar-refractivity contribution is -0.887. The molecular weight excluding hydrogens is 570 g/mol. The summed E-state index contributed by atoms with van der Waals surface area (Å²) >= 11 is 0. The molecule has 0 heterocycles. The van der Waals surface area contributed by atoms with Crippen molar-refractivity contribution >= 4 is 17.9 Å². The lowest BCUT2D eigenvalue weighted by atomic mass is 10.1. The molecule has 45 heavy (non-hydrogen) atoms. The zero-order valence-corrected chi connectivity index (χ0v) is 29.3. The Morgan fingerprint density at radius 3 is 1.82 bits per heavy atom. The Hall–Kier alpha value is -2.45. The van der Waals surface area contributed by atoms with Crippen molar-refractivity contribution in [2.75, 3.05) is 41.0 Å². The minimum Gasteiger partial charge on any atom is -0.477 e. The van der Waals surface area contributed by atoms with Crippen molar-refractivity contribution < 1.29 is 38.2 Å². The second-order valence-electron chi connectivity index (χ2n) is 12.7. The third kappa shape index (κ3) is 27.6. The van der Waals surface area contributed by atoms with E-state index < -0.39 is 18.1 Å². The van der Waals surface area contributed by atoms with Crippen LogP contribution in [0.3, 0.4) is 0 Å². The first-order valence-corrected chi connectivity index (χ1v) is 17.5. The summed E-state index contributed by atoms with van der Waals surface area (Å²) in [5.41, 5.74) is 0. The summed E-state index contributed by atoms with van der Waals surface area (Å²) in [7, 11) is 5.49. The van der Waals surface area contributed by atoms with Gasteiger partial charge in [-0.1, -0.05) is 108 Å². The van der Waals surface area contributed by atoms with Crippen LogP contribution in [0.25, 0.3) is 0 Å². The largest absolute Gasteiger partial charge is 0.477 e. The zero-order valence-electron chi connectivity index (χ0n) is 29.3. The van der Waals surface area contributed by atoms with E-state index in [0.29, 0.717) is 19.3 Å². The van der Waals surface area contributed by atoms with Crippen LogP contribution in [0.1, 0.15) is 129 Å². The maximum absolute atomic E-state index is 12.6. The minimum atomic E-state index is -0.884. The first-order valence-electron chi connectivity index (χ1n) is 17.5. The lowest BCUT2D eigenvalue weighted by Gasteiger charge is -2.31. The molecule has 0 amide bonds. The Morgan fingerprint density at radius 2 is 1.24 bits per heavy atom. The van der Waals surface area contributed by atoms with Gasteiger partial charge >= 0.3 is 17.9 Å². The molecule has 1 N–H and O–H groups in total. The number of unbranched alkanes of at least 4 members (excludes halogenated alkanes) is 10. The van der Waals surface area contributed by atoms with Gasteiger partial charge < -0.3 is 23.8 Å². The van der Waals surface area contributed by atoms with Crippen molar-refractivity contribution in [3.8, 4) is 0 Å². The van der Waals surface area contributed by atoms with E-state index in [1.807, 2.05) is 21.1 Å². The van der Waals surface area contributed by atoms with Crippen LogP contribution in [0.2, 0.25) is 0 Å². The molecule has 0 fully saturated rings. The fraction of sp³-hybridized carbons (Fsp3) is 0.757. The van der Waals surface area contributed by atoms with Gasteiger partial charge in [-0.25, -0.2) is 4.79 Å². The van der Waals surface area contributed by atoms with Gasteiger partial charge in [0.1, 0.15) is 6.61 Å². The maximum atomic E-state index is 12.6. The molecule has 0 aromatic heterocycles. The van der Waals surface area contributed by atoms with Gasteiger partial charge in [0.15, 0.2) is 12.1 Å². The van der Waals surface area contributed by atoms with Crippen LogP contribution in [0.4, 0.5) is 0 Å². The van der Waals surface area contributed by atoms with E-state index in [2.05, 4.69) is 50.3 Å². The molecule has 0 aromatic rings. The summed E-state index contributed by atoms with van der Waals surface area (Å²) < 4.78 is 17.1. The number of hydrogen-bond donors (Lipinski definition) is 1. The van der Waals surface area contributed by atoms with E-state index >= 15 is 0 Å². The molecule has 8 nitrogen and oxygen atoms in total. The van der Waals surface area contributed by atoms with Gasteiger partial charge in [0.2, 0.25) is 0 Å². The SMILES string of the molecule is CC/C=C/C/C=C/C/C=C/CCCC(=O)OCC(COCCC(C(=O)O)[N+](C)(C)C)OC(=O)CCCCCCCCCCCC. The number of hydrogen-bond acceptors (Lipinski definition) is 6. The molecule has 0 aromatic carbocycles. The van der Waals surface area contributed by atoms with Crippen molar-refractivity contribution in [2.45, 2.75) is 142 Å². The van der Waals surface area contributed by atoms with Gasteiger partial charge in [0.05, 0.1) is 34.4 Å². The van der Waals surface area contributed by atoms with Crippen molar-refractivity contribution in [3.05, 3.63) is 36.5 Å². The number of rotatable bonds is 30. The summed E-state index contributed by atoms with van der Waals surface area (Å²) in [6, 6.07) is -0.617. The molecule has 2 atom stereocenters. The van der Waals surface area contributed by atoms with Crippen molar-refractivity contribution in [1.82, 2.24) is 0 Å². The number of allylic oxidation sites excluding steroid dienone is 6. The molecule has 0 aliphatic carbocycles. The third-order valence-electron chi connectivity index (χ3n) is 7.55. The number of quaternary nitrogens is 1. The summed E-state index contributed by atoms with van der Waals surface area (Å²) in [6.45, 7) is 4.52. The van der Waals surface area contributed by atoms with Crippen molar-refractivity contribution in [2.24, 2.45) is 0 Å². The molecule has 260 valence electrons. The average molecular weight is 637 g/mol. The number of esters is 2. The molecular formula is C37H66NO7+. The van der Waals surface area contributed by atoms with Gasteiger partial charge in [-0.15, -0.1) is 0 Å². The summed E-state index contributed by atoms with van der Waals surface area (Å²) in [5.74, 6) is -1.54. The Labute approximate surface area is 274 Å². The molecule has 0 radical (unpaired) electrons.